The van der Waals surface area contributed by atoms with E-state index in [1.165, 1.54) is 30.9 Å². The summed E-state index contributed by atoms with van der Waals surface area (Å²) in [6.45, 7) is 2.39. The van der Waals surface area contributed by atoms with E-state index < -0.39 is 147 Å². The lowest BCUT2D eigenvalue weighted by molar-refractivity contribution is -0.155. The predicted molar refractivity (Wildman–Crippen MR) is 303 cm³/mol. The van der Waals surface area contributed by atoms with Gasteiger partial charge in [-0.3, -0.25) is 19.2 Å². The van der Waals surface area contributed by atoms with E-state index in [0.717, 1.165) is 14.2 Å². The Labute approximate surface area is 517 Å². The van der Waals surface area contributed by atoms with Gasteiger partial charge in [0.15, 0.2) is 43.1 Å². The molecule has 0 bridgehead atoms. The van der Waals surface area contributed by atoms with Crippen molar-refractivity contribution in [2.45, 2.75) is 87.5 Å². The molecule has 4 aliphatic heterocycles. The summed E-state index contributed by atoms with van der Waals surface area (Å²) in [7, 11) is 2.21. The zero-order valence-corrected chi connectivity index (χ0v) is 50.3. The molecule has 4 aliphatic rings. The Morgan fingerprint density at radius 1 is 0.611 bits per heavy atom. The van der Waals surface area contributed by atoms with E-state index >= 15 is 0 Å². The molecule has 504 valence electrons. The van der Waals surface area contributed by atoms with Crippen molar-refractivity contribution in [3.05, 3.63) is 23.7 Å². The first-order chi connectivity index (χ1) is 43.2. The van der Waals surface area contributed by atoms with E-state index in [9.17, 15) is 43.2 Å². The van der Waals surface area contributed by atoms with E-state index in [1.807, 2.05) is 0 Å². The van der Waals surface area contributed by atoms with Gasteiger partial charge in [-0.1, -0.05) is 5.92 Å². The molecule has 0 aromatic carbocycles. The summed E-state index contributed by atoms with van der Waals surface area (Å²) < 4.78 is 92.1. The normalized spacial score (nSPS) is 21.4. The topological polar surface area (TPSA) is 491 Å². The third-order valence-corrected chi connectivity index (χ3v) is 12.6. The summed E-state index contributed by atoms with van der Waals surface area (Å²) in [6.07, 6.45) is -2.40. The third-order valence-electron chi connectivity index (χ3n) is 12.6. The maximum absolute atomic E-state index is 13.2. The van der Waals surface area contributed by atoms with Crippen molar-refractivity contribution < 1.29 is 124 Å². The van der Waals surface area contributed by atoms with Gasteiger partial charge in [0.2, 0.25) is 35.1 Å². The van der Waals surface area contributed by atoms with Crippen LogP contribution in [0.15, 0.2) is 33.7 Å². The smallest absolute Gasteiger partial charge is 0.478 e. The fourth-order valence-corrected chi connectivity index (χ4v) is 8.65. The Balaban J connectivity index is 1.26. The average molecular weight is 1290 g/mol. The number of terminal acetylenes is 1. The molecule has 0 unspecified atom stereocenters. The number of ether oxygens (including phenoxy) is 17. The van der Waals surface area contributed by atoms with E-state index in [2.05, 4.69) is 37.2 Å². The summed E-state index contributed by atoms with van der Waals surface area (Å²) in [4.78, 5) is 123. The minimum Gasteiger partial charge on any atom is -0.478 e. The van der Waals surface area contributed by atoms with Gasteiger partial charge in [0.25, 0.3) is 0 Å². The van der Waals surface area contributed by atoms with Gasteiger partial charge < -0.3 is 130 Å². The van der Waals surface area contributed by atoms with Gasteiger partial charge in [0, 0.05) is 53.2 Å². The van der Waals surface area contributed by atoms with Crippen LogP contribution in [0.4, 0.5) is 14.4 Å². The van der Waals surface area contributed by atoms with Crippen molar-refractivity contribution in [2.75, 3.05) is 146 Å². The molecule has 5 amide bonds. The van der Waals surface area contributed by atoms with Crippen LogP contribution in [-0.4, -0.2) is 278 Å². The SMILES string of the molecule is C#CCOCCOCCOCCOCOC(=O)N(CCOCCCNC(=O)CO[C@@H]([C@@H]1OC(C(=O)OC)=C[C@H](N=C(N)N)[C@H]1NC(C)=O)[C@H]1COC(=O)O1)CCOCCCNC(=O)CO[C@@H]([C@@H]1OC(C(=O)OC)=C[C@H](N=C(N)N)[C@H]1NC(C)=O)[C@H]1COC(=O)O1. The van der Waals surface area contributed by atoms with Crippen LogP contribution in [0, 0.1) is 12.3 Å². The number of esters is 2. The molecule has 4 rings (SSSR count). The monoisotopic (exact) mass is 1290 g/mol. The summed E-state index contributed by atoms with van der Waals surface area (Å²) >= 11 is 0. The molecule has 4 heterocycles. The van der Waals surface area contributed by atoms with Gasteiger partial charge >= 0.3 is 30.3 Å². The lowest BCUT2D eigenvalue weighted by Crippen LogP contribution is -2.60. The minimum absolute atomic E-state index is 0.0223. The Bertz CT molecular complexity index is 2380. The number of rotatable bonds is 42. The highest BCUT2D eigenvalue weighted by molar-refractivity contribution is 5.88. The highest BCUT2D eigenvalue weighted by Crippen LogP contribution is 2.31. The maximum Gasteiger partial charge on any atom is 0.508 e. The molecule has 37 heteroatoms. The van der Waals surface area contributed by atoms with Crippen LogP contribution in [0.5, 0.6) is 0 Å². The highest BCUT2D eigenvalue weighted by Gasteiger charge is 2.51. The molecule has 2 fully saturated rings. The Morgan fingerprint density at radius 2 is 1.02 bits per heavy atom. The fraction of sp³-hybridized carbons (Fsp3) is 0.679. The number of guanidine groups is 2. The summed E-state index contributed by atoms with van der Waals surface area (Å²) in [5.41, 5.74) is 22.6. The van der Waals surface area contributed by atoms with Crippen molar-refractivity contribution in [3.8, 4) is 12.3 Å². The number of amides is 5. The van der Waals surface area contributed by atoms with Crippen molar-refractivity contribution in [3.63, 3.8) is 0 Å². The summed E-state index contributed by atoms with van der Waals surface area (Å²) in [5.74, 6) is -3.33. The molecule has 37 nitrogen and oxygen atoms in total. The zero-order chi connectivity index (χ0) is 65.8. The Morgan fingerprint density at radius 3 is 1.40 bits per heavy atom. The predicted octanol–water partition coefficient (Wildman–Crippen LogP) is -4.83. The van der Waals surface area contributed by atoms with Crippen LogP contribution in [0.1, 0.15) is 26.7 Å². The van der Waals surface area contributed by atoms with Gasteiger partial charge in [-0.2, -0.15) is 0 Å². The molecule has 12 N–H and O–H groups in total. The summed E-state index contributed by atoms with van der Waals surface area (Å²) in [5, 5.41) is 10.7. The first-order valence-corrected chi connectivity index (χ1v) is 28.1. The number of nitrogens with one attached hydrogen (secondary N) is 4. The highest BCUT2D eigenvalue weighted by atomic mass is 16.8. The van der Waals surface area contributed by atoms with Gasteiger partial charge in [-0.05, 0) is 25.0 Å². The largest absolute Gasteiger partial charge is 0.508 e. The van der Waals surface area contributed by atoms with Gasteiger partial charge in [-0.15, -0.1) is 6.42 Å². The van der Waals surface area contributed by atoms with E-state index in [1.54, 1.807) is 0 Å². The molecule has 2 saturated heterocycles. The molecular weight excluding hydrogens is 1210 g/mol. The van der Waals surface area contributed by atoms with E-state index in [4.69, 9.17) is 110 Å². The molecule has 0 aromatic heterocycles. The van der Waals surface area contributed by atoms with Crippen molar-refractivity contribution in [1.82, 2.24) is 26.2 Å². The lowest BCUT2D eigenvalue weighted by Gasteiger charge is -2.40. The average Bonchev–Trinajstić information content (AvgIpc) is 1.29. The first-order valence-electron chi connectivity index (χ1n) is 28.1. The number of hydrogen-bond acceptors (Lipinski definition) is 28. The quantitative estimate of drug-likeness (QED) is 0.00541. The van der Waals surface area contributed by atoms with Crippen LogP contribution >= 0.6 is 0 Å². The van der Waals surface area contributed by atoms with Crippen molar-refractivity contribution in [1.29, 1.82) is 0 Å². The number of hydrogen-bond donors (Lipinski definition) is 8. The van der Waals surface area contributed by atoms with Gasteiger partial charge in [0.05, 0.1) is 91.2 Å². The molecule has 0 radical (unpaired) electrons. The first kappa shape index (κ1) is 74.0. The lowest BCUT2D eigenvalue weighted by atomic mass is 9.92. The van der Waals surface area contributed by atoms with Gasteiger partial charge in [-0.25, -0.2) is 34.0 Å². The second kappa shape index (κ2) is 40.9. The molecule has 0 spiro atoms. The molecule has 10 atom stereocenters. The molecule has 90 heavy (non-hydrogen) atoms. The number of methoxy groups -OCH3 is 2. The molecular formula is C53H81N11O26. The minimum atomic E-state index is -1.35. The van der Waals surface area contributed by atoms with Crippen LogP contribution in [0.25, 0.3) is 0 Å². The number of carbonyl (C=O) groups excluding carboxylic acids is 9. The number of aliphatic imine (C=N–C) groups is 2. The van der Waals surface area contributed by atoms with Crippen LogP contribution in [-0.2, 0) is 109 Å². The van der Waals surface area contributed by atoms with Crippen LogP contribution in [0.2, 0.25) is 0 Å². The number of cyclic esters (lactones) is 4. The van der Waals surface area contributed by atoms with E-state index in [0.29, 0.717) is 32.7 Å². The zero-order valence-electron chi connectivity index (χ0n) is 50.3. The van der Waals surface area contributed by atoms with E-state index in [-0.39, 0.29) is 104 Å². The fourth-order valence-electron chi connectivity index (χ4n) is 8.65. The third kappa shape index (κ3) is 27.1. The Hall–Kier alpha value is -8.51. The van der Waals surface area contributed by atoms with Crippen molar-refractivity contribution in [2.24, 2.45) is 32.9 Å². The van der Waals surface area contributed by atoms with Gasteiger partial charge in [0.1, 0.15) is 45.2 Å². The number of carbonyl (C=O) groups is 9. The molecule has 0 aromatic rings. The Kier molecular flexibility index (Phi) is 33.6. The number of nitrogens with two attached hydrogens (primary N) is 4. The second-order valence-corrected chi connectivity index (χ2v) is 19.3. The molecule has 0 aliphatic carbocycles. The standard InChI is InChI=1S/C53H81N11O26/c1-6-13-76-18-19-79-20-21-80-22-23-81-30-86-51(71)64(11-16-77-14-7-9-58-39(67)28-82-43(37-26-84-52(72)89-37)45-41(60-31(2)65)33(62-49(54)55)24-35(87-45)47(69)74-4)12-17-78-15-8-10-59-40(68)29-83-44(38-27-85-53(73)90-38)46-42(61-32(3)66)34(63-50(56)57)25-36(88-46)48(70)75-5/h1,24-25,33-34,37-38,41-46H,7-23,26-30H2,2-5H3,(H,58,67)(H,59,68)(H,60,65)(H,61,66)(H4,54,55,62)(H4,56,57,63)/t33-,34-,37+,38+,41+,42+,43+,44+,45+,46+/m0/s1. The number of nitrogens with zero attached hydrogens (tertiary/aromatic N) is 3. The summed E-state index contributed by atoms with van der Waals surface area (Å²) in [6, 6.07) is -4.44. The van der Waals surface area contributed by atoms with Crippen LogP contribution < -0.4 is 44.2 Å². The molecule has 0 saturated carbocycles. The second-order valence-electron chi connectivity index (χ2n) is 19.3. The van der Waals surface area contributed by atoms with Crippen LogP contribution in [0.3, 0.4) is 0 Å². The van der Waals surface area contributed by atoms with Crippen molar-refractivity contribution >= 4 is 65.9 Å². The maximum atomic E-state index is 13.2.